The van der Waals surface area contributed by atoms with Crippen LogP contribution in [0.4, 0.5) is 0 Å². The third-order valence-electron chi connectivity index (χ3n) is 2.41. The van der Waals surface area contributed by atoms with E-state index < -0.39 is 10.0 Å². The Morgan fingerprint density at radius 3 is 2.29 bits per heavy atom. The van der Waals surface area contributed by atoms with Gasteiger partial charge < -0.3 is 0 Å². The van der Waals surface area contributed by atoms with Crippen molar-refractivity contribution < 1.29 is 13.2 Å². The van der Waals surface area contributed by atoms with E-state index in [0.29, 0.717) is 0 Å². The predicted molar refractivity (Wildman–Crippen MR) is 66.3 cm³/mol. The maximum absolute atomic E-state index is 11.8. The van der Waals surface area contributed by atoms with Crippen molar-refractivity contribution in [1.82, 2.24) is 4.72 Å². The molecule has 1 N–H and O–H groups in total. The van der Waals surface area contributed by atoms with Crippen LogP contribution in [0.1, 0.15) is 25.8 Å². The van der Waals surface area contributed by atoms with Crippen molar-refractivity contribution in [3.05, 3.63) is 29.8 Å². The van der Waals surface area contributed by atoms with Crippen molar-refractivity contribution in [3.8, 4) is 0 Å². The maximum atomic E-state index is 11.8. The second-order valence-corrected chi connectivity index (χ2v) is 5.61. The summed E-state index contributed by atoms with van der Waals surface area (Å²) in [7, 11) is -3.48. The van der Waals surface area contributed by atoms with Crippen LogP contribution < -0.4 is 4.72 Å². The zero-order valence-corrected chi connectivity index (χ0v) is 10.9. The van der Waals surface area contributed by atoms with E-state index >= 15 is 0 Å². The number of nitrogens with one attached hydrogen (secondary N) is 1. The standard InChI is InChI=1S/C12H17NO3S/c1-3-11-4-6-12(7-5-11)17(15,16)13-9-8-10(2)14/h4-7,13H,3,8-9H2,1-2H3. The summed E-state index contributed by atoms with van der Waals surface area (Å²) in [4.78, 5) is 10.9. The zero-order valence-electron chi connectivity index (χ0n) is 10.1. The summed E-state index contributed by atoms with van der Waals surface area (Å²) >= 11 is 0. The molecule has 0 aliphatic carbocycles. The number of Topliss-reactive ketones (excluding diaryl/α,β-unsaturated/α-hetero) is 1. The molecule has 1 aromatic carbocycles. The third kappa shape index (κ3) is 4.28. The highest BCUT2D eigenvalue weighted by Gasteiger charge is 2.12. The summed E-state index contributed by atoms with van der Waals surface area (Å²) in [6.45, 7) is 3.59. The molecule has 1 rings (SSSR count). The highest BCUT2D eigenvalue weighted by Crippen LogP contribution is 2.10. The van der Waals surface area contributed by atoms with Crippen LogP contribution in [-0.2, 0) is 21.2 Å². The summed E-state index contributed by atoms with van der Waals surface area (Å²) in [5.74, 6) is -0.0333. The second-order valence-electron chi connectivity index (χ2n) is 3.85. The van der Waals surface area contributed by atoms with Gasteiger partial charge in [0.05, 0.1) is 4.90 Å². The van der Waals surface area contributed by atoms with Crippen LogP contribution >= 0.6 is 0 Å². The molecule has 0 aliphatic rings. The van der Waals surface area contributed by atoms with E-state index in [0.717, 1.165) is 12.0 Å². The monoisotopic (exact) mass is 255 g/mol. The molecule has 0 spiro atoms. The number of ketones is 1. The molecule has 0 saturated carbocycles. The van der Waals surface area contributed by atoms with E-state index in [4.69, 9.17) is 0 Å². The van der Waals surface area contributed by atoms with E-state index in [1.807, 2.05) is 6.92 Å². The maximum Gasteiger partial charge on any atom is 0.240 e. The number of carbonyl (C=O) groups excluding carboxylic acids is 1. The van der Waals surface area contributed by atoms with Gasteiger partial charge in [-0.1, -0.05) is 19.1 Å². The zero-order chi connectivity index (χ0) is 12.9. The normalized spacial score (nSPS) is 11.4. The highest BCUT2D eigenvalue weighted by atomic mass is 32.2. The molecule has 0 aliphatic heterocycles. The van der Waals surface area contributed by atoms with Crippen LogP contribution in [0, 0.1) is 0 Å². The fraction of sp³-hybridized carbons (Fsp3) is 0.417. The van der Waals surface area contributed by atoms with Gasteiger partial charge in [0, 0.05) is 13.0 Å². The largest absolute Gasteiger partial charge is 0.300 e. The Hall–Kier alpha value is -1.20. The van der Waals surface area contributed by atoms with Crippen LogP contribution in [0.3, 0.4) is 0 Å². The van der Waals surface area contributed by atoms with Crippen molar-refractivity contribution in [2.75, 3.05) is 6.54 Å². The minimum absolute atomic E-state index is 0.0333. The Balaban J connectivity index is 2.72. The highest BCUT2D eigenvalue weighted by molar-refractivity contribution is 7.89. The molecule has 0 aromatic heterocycles. The number of sulfonamides is 1. The smallest absolute Gasteiger partial charge is 0.240 e. The van der Waals surface area contributed by atoms with Gasteiger partial charge in [-0.2, -0.15) is 0 Å². The molecule has 5 heteroatoms. The van der Waals surface area contributed by atoms with E-state index in [1.165, 1.54) is 6.92 Å². The minimum atomic E-state index is -3.48. The fourth-order valence-electron chi connectivity index (χ4n) is 1.35. The Kier molecular flexibility index (Phi) is 4.84. The van der Waals surface area contributed by atoms with E-state index in [2.05, 4.69) is 4.72 Å². The van der Waals surface area contributed by atoms with E-state index in [1.54, 1.807) is 24.3 Å². The van der Waals surface area contributed by atoms with E-state index in [9.17, 15) is 13.2 Å². The Morgan fingerprint density at radius 1 is 1.24 bits per heavy atom. The van der Waals surface area contributed by atoms with Crippen LogP contribution in [0.2, 0.25) is 0 Å². The van der Waals surface area contributed by atoms with Crippen LogP contribution in [0.25, 0.3) is 0 Å². The average molecular weight is 255 g/mol. The molecule has 0 atom stereocenters. The van der Waals surface area contributed by atoms with Gasteiger partial charge in [0.25, 0.3) is 0 Å². The number of hydrogen-bond acceptors (Lipinski definition) is 3. The Labute approximate surface area is 102 Å². The molecule has 0 unspecified atom stereocenters. The predicted octanol–water partition coefficient (Wildman–Crippen LogP) is 1.51. The van der Waals surface area contributed by atoms with Crippen molar-refractivity contribution >= 4 is 15.8 Å². The third-order valence-corrected chi connectivity index (χ3v) is 3.89. The van der Waals surface area contributed by atoms with Crippen LogP contribution in [-0.4, -0.2) is 20.7 Å². The van der Waals surface area contributed by atoms with Gasteiger partial charge in [-0.3, -0.25) is 4.79 Å². The molecule has 0 fully saturated rings. The van der Waals surface area contributed by atoms with Crippen molar-refractivity contribution in [2.45, 2.75) is 31.6 Å². The molecule has 0 radical (unpaired) electrons. The quantitative estimate of drug-likeness (QED) is 0.838. The first-order valence-electron chi connectivity index (χ1n) is 5.53. The summed E-state index contributed by atoms with van der Waals surface area (Å²) in [6, 6.07) is 6.74. The molecule has 0 amide bonds. The number of carbonyl (C=O) groups is 1. The van der Waals surface area contributed by atoms with Crippen LogP contribution in [0.15, 0.2) is 29.2 Å². The number of hydrogen-bond donors (Lipinski definition) is 1. The molecule has 0 heterocycles. The van der Waals surface area contributed by atoms with Gasteiger partial charge in [0.1, 0.15) is 5.78 Å². The first-order chi connectivity index (χ1) is 7.95. The summed E-state index contributed by atoms with van der Waals surface area (Å²) in [5, 5.41) is 0. The van der Waals surface area contributed by atoms with Crippen molar-refractivity contribution in [3.63, 3.8) is 0 Å². The Bertz CT molecular complexity index is 477. The molecule has 0 bridgehead atoms. The second kappa shape index (κ2) is 5.93. The van der Waals surface area contributed by atoms with Gasteiger partial charge in [0.15, 0.2) is 0 Å². The molecule has 4 nitrogen and oxygen atoms in total. The first kappa shape index (κ1) is 13.9. The fourth-order valence-corrected chi connectivity index (χ4v) is 2.38. The average Bonchev–Trinajstić information content (AvgIpc) is 2.28. The van der Waals surface area contributed by atoms with Crippen LogP contribution in [0.5, 0.6) is 0 Å². The minimum Gasteiger partial charge on any atom is -0.300 e. The molecule has 1 aromatic rings. The molecule has 17 heavy (non-hydrogen) atoms. The van der Waals surface area contributed by atoms with Gasteiger partial charge in [-0.05, 0) is 31.0 Å². The molecular weight excluding hydrogens is 238 g/mol. The van der Waals surface area contributed by atoms with E-state index in [-0.39, 0.29) is 23.6 Å². The number of rotatable bonds is 6. The van der Waals surface area contributed by atoms with Gasteiger partial charge >= 0.3 is 0 Å². The lowest BCUT2D eigenvalue weighted by Crippen LogP contribution is -2.25. The Morgan fingerprint density at radius 2 is 1.82 bits per heavy atom. The van der Waals surface area contributed by atoms with Gasteiger partial charge in [-0.25, -0.2) is 13.1 Å². The lowest BCUT2D eigenvalue weighted by atomic mass is 10.2. The summed E-state index contributed by atoms with van der Waals surface area (Å²) < 4.78 is 26.0. The number of aryl methyl sites for hydroxylation is 1. The molecular formula is C12H17NO3S. The lowest BCUT2D eigenvalue weighted by molar-refractivity contribution is -0.116. The summed E-state index contributed by atoms with van der Waals surface area (Å²) in [6.07, 6.45) is 1.09. The number of benzene rings is 1. The molecule has 94 valence electrons. The molecule has 0 saturated heterocycles. The first-order valence-corrected chi connectivity index (χ1v) is 7.02. The SMILES string of the molecule is CCc1ccc(S(=O)(=O)NCCC(C)=O)cc1. The summed E-state index contributed by atoms with van der Waals surface area (Å²) in [5.41, 5.74) is 1.09. The van der Waals surface area contributed by atoms with Gasteiger partial charge in [0.2, 0.25) is 10.0 Å². The lowest BCUT2D eigenvalue weighted by Gasteiger charge is -2.06. The van der Waals surface area contributed by atoms with Crippen molar-refractivity contribution in [1.29, 1.82) is 0 Å². The van der Waals surface area contributed by atoms with Crippen molar-refractivity contribution in [2.24, 2.45) is 0 Å². The van der Waals surface area contributed by atoms with Gasteiger partial charge in [-0.15, -0.1) is 0 Å². The topological polar surface area (TPSA) is 63.2 Å².